The summed E-state index contributed by atoms with van der Waals surface area (Å²) < 4.78 is 1.44. The molecule has 6 heteroatoms. The third-order valence-electron chi connectivity index (χ3n) is 4.86. The van der Waals surface area contributed by atoms with Crippen molar-refractivity contribution in [2.45, 2.75) is 25.3 Å². The van der Waals surface area contributed by atoms with E-state index in [2.05, 4.69) is 22.4 Å². The number of carbonyl (C=O) groups excluding carboxylic acids is 1. The van der Waals surface area contributed by atoms with Crippen LogP contribution in [0, 0.1) is 0 Å². The van der Waals surface area contributed by atoms with Crippen molar-refractivity contribution in [3.8, 4) is 0 Å². The maximum atomic E-state index is 13.1. The van der Waals surface area contributed by atoms with Crippen molar-refractivity contribution in [3.63, 3.8) is 0 Å². The van der Waals surface area contributed by atoms with Gasteiger partial charge in [-0.15, -0.1) is 0 Å². The summed E-state index contributed by atoms with van der Waals surface area (Å²) in [6.45, 7) is 2.50. The molecule has 2 aliphatic heterocycles. The largest absolute Gasteiger partial charge is 0.385 e. The number of hydrogen-bond donors (Lipinski definition) is 2. The van der Waals surface area contributed by atoms with E-state index in [9.17, 15) is 4.79 Å². The predicted molar refractivity (Wildman–Crippen MR) is 89.6 cm³/mol. The SMILES string of the molecule is CN1CCc2nn(C(=O)C3CCNc4ccccc43)c(N)c2C1. The average Bonchev–Trinajstić information content (AvgIpc) is 2.90. The van der Waals surface area contributed by atoms with E-state index in [1.54, 1.807) is 0 Å². The van der Waals surface area contributed by atoms with Crippen LogP contribution >= 0.6 is 0 Å². The topological polar surface area (TPSA) is 76.2 Å². The number of likely N-dealkylation sites (N-methyl/N-ethyl adjacent to an activating group) is 1. The Bertz CT molecular complexity index is 766. The molecule has 23 heavy (non-hydrogen) atoms. The van der Waals surface area contributed by atoms with E-state index in [0.717, 1.165) is 55.0 Å². The molecule has 3 N–H and O–H groups in total. The molecule has 4 rings (SSSR count). The van der Waals surface area contributed by atoms with Crippen molar-refractivity contribution < 1.29 is 4.79 Å². The van der Waals surface area contributed by atoms with Crippen LogP contribution in [0.4, 0.5) is 11.5 Å². The number of benzene rings is 1. The lowest BCUT2D eigenvalue weighted by molar-refractivity contribution is 0.0859. The van der Waals surface area contributed by atoms with Crippen molar-refractivity contribution >= 4 is 17.4 Å². The minimum absolute atomic E-state index is 0.0199. The number of carbonyl (C=O) groups is 1. The monoisotopic (exact) mass is 311 g/mol. The number of para-hydroxylation sites is 1. The maximum Gasteiger partial charge on any atom is 0.256 e. The van der Waals surface area contributed by atoms with Gasteiger partial charge >= 0.3 is 0 Å². The van der Waals surface area contributed by atoms with Crippen LogP contribution in [-0.2, 0) is 13.0 Å². The van der Waals surface area contributed by atoms with Crippen molar-refractivity contribution in [1.29, 1.82) is 0 Å². The van der Waals surface area contributed by atoms with Gasteiger partial charge in [0.05, 0.1) is 11.6 Å². The third-order valence-corrected chi connectivity index (χ3v) is 4.86. The third kappa shape index (κ3) is 2.30. The molecule has 120 valence electrons. The first kappa shape index (κ1) is 14.3. The van der Waals surface area contributed by atoms with Gasteiger partial charge in [0.1, 0.15) is 5.82 Å². The van der Waals surface area contributed by atoms with Gasteiger partial charge in [0.25, 0.3) is 5.91 Å². The van der Waals surface area contributed by atoms with Crippen molar-refractivity contribution in [2.24, 2.45) is 0 Å². The highest BCUT2D eigenvalue weighted by molar-refractivity contribution is 5.90. The Labute approximate surface area is 135 Å². The minimum atomic E-state index is -0.186. The van der Waals surface area contributed by atoms with Crippen LogP contribution in [-0.4, -0.2) is 40.7 Å². The Morgan fingerprint density at radius 1 is 1.39 bits per heavy atom. The zero-order valence-corrected chi connectivity index (χ0v) is 13.2. The molecule has 0 saturated heterocycles. The van der Waals surface area contributed by atoms with Crippen molar-refractivity contribution in [2.75, 3.05) is 31.2 Å². The highest BCUT2D eigenvalue weighted by Crippen LogP contribution is 2.34. The molecule has 0 fully saturated rings. The molecule has 0 amide bonds. The second-order valence-electron chi connectivity index (χ2n) is 6.40. The van der Waals surface area contributed by atoms with Gasteiger partial charge in [0.2, 0.25) is 0 Å². The summed E-state index contributed by atoms with van der Waals surface area (Å²) in [7, 11) is 2.06. The summed E-state index contributed by atoms with van der Waals surface area (Å²) in [6, 6.07) is 7.98. The molecule has 6 nitrogen and oxygen atoms in total. The summed E-state index contributed by atoms with van der Waals surface area (Å²) in [5.41, 5.74) is 10.3. The van der Waals surface area contributed by atoms with E-state index in [0.29, 0.717) is 5.82 Å². The average molecular weight is 311 g/mol. The Morgan fingerprint density at radius 3 is 3.09 bits per heavy atom. The molecule has 2 aliphatic rings. The fraction of sp³-hybridized carbons (Fsp3) is 0.412. The van der Waals surface area contributed by atoms with E-state index in [4.69, 9.17) is 5.73 Å². The van der Waals surface area contributed by atoms with Crippen LogP contribution in [0.3, 0.4) is 0 Å². The molecule has 0 saturated carbocycles. The summed E-state index contributed by atoms with van der Waals surface area (Å²) in [5, 5.41) is 7.88. The van der Waals surface area contributed by atoms with Gasteiger partial charge in [-0.05, 0) is 25.1 Å². The Kier molecular flexibility index (Phi) is 3.34. The van der Waals surface area contributed by atoms with Gasteiger partial charge in [-0.1, -0.05) is 18.2 Å². The number of hydrogen-bond acceptors (Lipinski definition) is 5. The van der Waals surface area contributed by atoms with Crippen LogP contribution in [0.15, 0.2) is 24.3 Å². The van der Waals surface area contributed by atoms with Crippen LogP contribution in [0.25, 0.3) is 0 Å². The van der Waals surface area contributed by atoms with Crippen LogP contribution < -0.4 is 11.1 Å². The predicted octanol–water partition coefficient (Wildman–Crippen LogP) is 1.69. The Hall–Kier alpha value is -2.34. The molecule has 2 aromatic rings. The number of anilines is 2. The lowest BCUT2D eigenvalue weighted by Crippen LogP contribution is -2.28. The molecule has 3 heterocycles. The minimum Gasteiger partial charge on any atom is -0.385 e. The van der Waals surface area contributed by atoms with E-state index < -0.39 is 0 Å². The summed E-state index contributed by atoms with van der Waals surface area (Å²) in [4.78, 5) is 15.3. The normalized spacial score (nSPS) is 20.5. The standard InChI is InChI=1S/C17H21N5O/c1-21-9-7-15-13(10-21)16(18)22(20-15)17(23)12-6-8-19-14-5-3-2-4-11(12)14/h2-5,12,19H,6-10,18H2,1H3. The Morgan fingerprint density at radius 2 is 2.22 bits per heavy atom. The molecule has 1 unspecified atom stereocenters. The number of nitrogens with one attached hydrogen (secondary N) is 1. The van der Waals surface area contributed by atoms with Gasteiger partial charge in [-0.2, -0.15) is 9.78 Å². The highest BCUT2D eigenvalue weighted by atomic mass is 16.2. The molecular formula is C17H21N5O. The zero-order chi connectivity index (χ0) is 16.0. The summed E-state index contributed by atoms with van der Waals surface area (Å²) >= 11 is 0. The number of nitrogens with two attached hydrogens (primary N) is 1. The van der Waals surface area contributed by atoms with Gasteiger partial charge in [0, 0.05) is 37.3 Å². The van der Waals surface area contributed by atoms with Gasteiger partial charge < -0.3 is 16.0 Å². The fourth-order valence-corrected chi connectivity index (χ4v) is 3.57. The van der Waals surface area contributed by atoms with Gasteiger partial charge in [-0.25, -0.2) is 0 Å². The zero-order valence-electron chi connectivity index (χ0n) is 13.2. The van der Waals surface area contributed by atoms with E-state index in [-0.39, 0.29) is 11.8 Å². The maximum absolute atomic E-state index is 13.1. The van der Waals surface area contributed by atoms with Crippen LogP contribution in [0.2, 0.25) is 0 Å². The summed E-state index contributed by atoms with van der Waals surface area (Å²) in [6.07, 6.45) is 1.61. The molecule has 1 aromatic carbocycles. The molecule has 0 bridgehead atoms. The van der Waals surface area contributed by atoms with E-state index in [1.807, 2.05) is 24.3 Å². The van der Waals surface area contributed by atoms with Crippen LogP contribution in [0.5, 0.6) is 0 Å². The molecule has 0 aliphatic carbocycles. The van der Waals surface area contributed by atoms with E-state index in [1.165, 1.54) is 4.68 Å². The molecule has 0 spiro atoms. The smallest absolute Gasteiger partial charge is 0.256 e. The summed E-state index contributed by atoms with van der Waals surface area (Å²) in [5.74, 6) is 0.301. The second kappa shape index (κ2) is 5.38. The number of nitrogen functional groups attached to an aromatic ring is 1. The molecule has 1 aromatic heterocycles. The van der Waals surface area contributed by atoms with Crippen LogP contribution in [0.1, 0.15) is 34.0 Å². The lowest BCUT2D eigenvalue weighted by Gasteiger charge is -2.25. The quantitative estimate of drug-likeness (QED) is 0.838. The molecule has 1 atom stereocenters. The van der Waals surface area contributed by atoms with Crippen molar-refractivity contribution in [1.82, 2.24) is 14.7 Å². The first-order chi connectivity index (χ1) is 11.1. The molecule has 0 radical (unpaired) electrons. The Balaban J connectivity index is 1.71. The van der Waals surface area contributed by atoms with E-state index >= 15 is 0 Å². The first-order valence-electron chi connectivity index (χ1n) is 8.07. The second-order valence-corrected chi connectivity index (χ2v) is 6.40. The number of aromatic nitrogens is 2. The first-order valence-corrected chi connectivity index (χ1v) is 8.07. The highest BCUT2D eigenvalue weighted by Gasteiger charge is 2.31. The van der Waals surface area contributed by atoms with Gasteiger partial charge in [0.15, 0.2) is 0 Å². The van der Waals surface area contributed by atoms with Crippen molar-refractivity contribution in [3.05, 3.63) is 41.1 Å². The van der Waals surface area contributed by atoms with Gasteiger partial charge in [-0.3, -0.25) is 4.79 Å². The lowest BCUT2D eigenvalue weighted by atomic mass is 9.90. The molecular weight excluding hydrogens is 290 g/mol. The fourth-order valence-electron chi connectivity index (χ4n) is 3.57. The number of fused-ring (bicyclic) bond motifs is 2. The number of nitrogens with zero attached hydrogens (tertiary/aromatic N) is 3. The number of rotatable bonds is 1.